The van der Waals surface area contributed by atoms with Crippen LogP contribution in [0.2, 0.25) is 5.02 Å². The van der Waals surface area contributed by atoms with Gasteiger partial charge < -0.3 is 14.8 Å². The zero-order chi connectivity index (χ0) is 25.4. The lowest BCUT2D eigenvalue weighted by molar-refractivity contribution is -0.0510. The van der Waals surface area contributed by atoms with E-state index in [2.05, 4.69) is 15.6 Å². The van der Waals surface area contributed by atoms with Crippen molar-refractivity contribution in [2.75, 3.05) is 17.7 Å². The summed E-state index contributed by atoms with van der Waals surface area (Å²) < 4.78 is 26.7. The number of fused-ring (bicyclic) bond motifs is 1. The Hall–Kier alpha value is -2.69. The normalized spacial score (nSPS) is 23.8. The number of rotatable bonds is 3. The minimum atomic E-state index is -1.38. The Kier molecular flexibility index (Phi) is 6.82. The van der Waals surface area contributed by atoms with Crippen LogP contribution >= 0.6 is 23.4 Å². The molecular formula is C24H26ClFN4O4S. The van der Waals surface area contributed by atoms with E-state index in [4.69, 9.17) is 26.1 Å². The Morgan fingerprint density at radius 1 is 1.23 bits per heavy atom. The summed E-state index contributed by atoms with van der Waals surface area (Å²) in [7, 11) is 0. The van der Waals surface area contributed by atoms with Crippen molar-refractivity contribution < 1.29 is 23.5 Å². The zero-order valence-corrected chi connectivity index (χ0v) is 21.3. The number of benzene rings is 1. The summed E-state index contributed by atoms with van der Waals surface area (Å²) in [5.74, 6) is -0.471. The van der Waals surface area contributed by atoms with Crippen molar-refractivity contribution in [3.63, 3.8) is 0 Å². The molecule has 35 heavy (non-hydrogen) atoms. The van der Waals surface area contributed by atoms with Gasteiger partial charge in [-0.1, -0.05) is 30.3 Å². The molecule has 3 heterocycles. The molecule has 0 spiro atoms. The first-order valence-corrected chi connectivity index (χ1v) is 12.4. The number of aromatic nitrogens is 1. The van der Waals surface area contributed by atoms with Gasteiger partial charge in [0.2, 0.25) is 0 Å². The fraction of sp³-hybridized carbons (Fsp3) is 0.417. The van der Waals surface area contributed by atoms with Crippen LogP contribution in [0.25, 0.3) is 0 Å². The fourth-order valence-corrected chi connectivity index (χ4v) is 5.25. The van der Waals surface area contributed by atoms with E-state index < -0.39 is 34.6 Å². The maximum absolute atomic E-state index is 15.3. The SMILES string of the molecule is CC(C)(C)OC(=O)NC1=NC2(c3cc(NC(=O)c4ccc(Cl)cn4)ccc3F)OCCC2(C)CS1. The topological polar surface area (TPSA) is 102 Å². The Bertz CT molecular complexity index is 1190. The standard InChI is InChI=1S/C24H26ClFN4O4S/c1-22(2,3)34-21(32)29-20-30-24(23(4,13-35-20)9-10-33-24)16-11-15(6-7-17(16)26)28-19(31)18-8-5-14(25)12-27-18/h5-8,11-12H,9-10,13H2,1-4H3,(H,28,31)(H,29,30,32). The van der Waals surface area contributed by atoms with Crippen molar-refractivity contribution in [3.05, 3.63) is 58.6 Å². The van der Waals surface area contributed by atoms with Crippen LogP contribution in [-0.4, -0.2) is 40.1 Å². The third-order valence-electron chi connectivity index (χ3n) is 5.73. The number of anilines is 1. The minimum absolute atomic E-state index is 0.163. The molecule has 2 atom stereocenters. The van der Waals surface area contributed by atoms with Gasteiger partial charge in [-0.3, -0.25) is 10.1 Å². The third kappa shape index (κ3) is 5.29. The van der Waals surface area contributed by atoms with Gasteiger partial charge in [0.15, 0.2) is 10.9 Å². The van der Waals surface area contributed by atoms with Crippen molar-refractivity contribution in [1.82, 2.24) is 10.3 Å². The summed E-state index contributed by atoms with van der Waals surface area (Å²) in [5.41, 5.74) is -1.92. The lowest BCUT2D eigenvalue weighted by Crippen LogP contribution is -2.48. The van der Waals surface area contributed by atoms with Crippen LogP contribution in [-0.2, 0) is 15.2 Å². The highest BCUT2D eigenvalue weighted by Gasteiger charge is 2.58. The van der Waals surface area contributed by atoms with Crippen molar-refractivity contribution in [1.29, 1.82) is 0 Å². The Labute approximate surface area is 212 Å². The van der Waals surface area contributed by atoms with Gasteiger partial charge in [0.1, 0.15) is 17.1 Å². The predicted molar refractivity (Wildman–Crippen MR) is 133 cm³/mol. The number of amides is 2. The quantitative estimate of drug-likeness (QED) is 0.567. The van der Waals surface area contributed by atoms with E-state index in [1.165, 1.54) is 42.2 Å². The number of alkyl carbamates (subject to hydrolysis) is 1. The number of aliphatic imine (C=N–C) groups is 1. The van der Waals surface area contributed by atoms with Gasteiger partial charge in [-0.15, -0.1) is 0 Å². The molecule has 4 rings (SSSR count). The van der Waals surface area contributed by atoms with E-state index in [1.807, 2.05) is 6.92 Å². The van der Waals surface area contributed by atoms with Crippen LogP contribution in [0.15, 0.2) is 41.5 Å². The summed E-state index contributed by atoms with van der Waals surface area (Å²) in [6.45, 7) is 7.62. The first-order chi connectivity index (χ1) is 16.4. The van der Waals surface area contributed by atoms with Crippen LogP contribution in [0.3, 0.4) is 0 Å². The van der Waals surface area contributed by atoms with Gasteiger partial charge in [0, 0.05) is 28.6 Å². The summed E-state index contributed by atoms with van der Waals surface area (Å²) in [4.78, 5) is 33.7. The number of halogens is 2. The molecule has 0 aliphatic carbocycles. The highest BCUT2D eigenvalue weighted by molar-refractivity contribution is 8.13. The number of hydrogen-bond donors (Lipinski definition) is 2. The van der Waals surface area contributed by atoms with E-state index in [0.717, 1.165) is 0 Å². The van der Waals surface area contributed by atoms with E-state index in [-0.39, 0.29) is 16.4 Å². The maximum atomic E-state index is 15.3. The smallest absolute Gasteiger partial charge is 0.413 e. The average Bonchev–Trinajstić information content (AvgIpc) is 3.11. The van der Waals surface area contributed by atoms with Crippen molar-refractivity contribution in [3.8, 4) is 0 Å². The van der Waals surface area contributed by atoms with E-state index in [1.54, 1.807) is 26.8 Å². The second kappa shape index (κ2) is 9.40. The number of pyridine rings is 1. The molecule has 2 unspecified atom stereocenters. The number of carbonyl (C=O) groups is 2. The molecule has 2 N–H and O–H groups in total. The van der Waals surface area contributed by atoms with Crippen LogP contribution in [0.1, 0.15) is 50.2 Å². The molecule has 1 aromatic carbocycles. The van der Waals surface area contributed by atoms with E-state index >= 15 is 4.39 Å². The monoisotopic (exact) mass is 520 g/mol. The lowest BCUT2D eigenvalue weighted by atomic mass is 9.76. The predicted octanol–water partition coefficient (Wildman–Crippen LogP) is 5.33. The van der Waals surface area contributed by atoms with Crippen molar-refractivity contribution in [2.24, 2.45) is 10.4 Å². The number of nitrogens with zero attached hydrogens (tertiary/aromatic N) is 2. The first kappa shape index (κ1) is 25.4. The van der Waals surface area contributed by atoms with Gasteiger partial charge in [-0.25, -0.2) is 19.2 Å². The zero-order valence-electron chi connectivity index (χ0n) is 19.8. The molecule has 11 heteroatoms. The second-order valence-corrected chi connectivity index (χ2v) is 11.0. The molecular weight excluding hydrogens is 495 g/mol. The van der Waals surface area contributed by atoms with Crippen molar-refractivity contribution in [2.45, 2.75) is 45.4 Å². The molecule has 2 aromatic rings. The Morgan fingerprint density at radius 3 is 2.69 bits per heavy atom. The van der Waals surface area contributed by atoms with Crippen LogP contribution in [0, 0.1) is 11.2 Å². The lowest BCUT2D eigenvalue weighted by Gasteiger charge is -2.43. The van der Waals surface area contributed by atoms with E-state index in [0.29, 0.717) is 29.5 Å². The number of amidine groups is 1. The number of hydrogen-bond acceptors (Lipinski definition) is 7. The molecule has 2 amide bonds. The molecule has 2 aliphatic rings. The fourth-order valence-electron chi connectivity index (χ4n) is 3.99. The summed E-state index contributed by atoms with van der Waals surface area (Å²) >= 11 is 7.19. The number of thioether (sulfide) groups is 1. The number of ether oxygens (including phenoxy) is 2. The molecule has 0 saturated carbocycles. The Balaban J connectivity index is 1.67. The third-order valence-corrected chi connectivity index (χ3v) is 7.20. The van der Waals surface area contributed by atoms with Gasteiger partial charge in [-0.05, 0) is 57.5 Å². The second-order valence-electron chi connectivity index (χ2n) is 9.65. The summed E-state index contributed by atoms with van der Waals surface area (Å²) in [6, 6.07) is 7.28. The summed E-state index contributed by atoms with van der Waals surface area (Å²) in [5, 5.41) is 6.07. The number of carbonyl (C=O) groups excluding carboxylic acids is 2. The maximum Gasteiger partial charge on any atom is 0.413 e. The molecule has 0 bridgehead atoms. The van der Waals surface area contributed by atoms with Crippen molar-refractivity contribution >= 4 is 46.2 Å². The molecule has 2 aliphatic heterocycles. The molecule has 1 saturated heterocycles. The van der Waals surface area contributed by atoms with Crippen LogP contribution in [0.4, 0.5) is 14.9 Å². The minimum Gasteiger partial charge on any atom is -0.444 e. The van der Waals surface area contributed by atoms with Gasteiger partial charge in [-0.2, -0.15) is 0 Å². The summed E-state index contributed by atoms with van der Waals surface area (Å²) in [6.07, 6.45) is 1.36. The van der Waals surface area contributed by atoms with Gasteiger partial charge >= 0.3 is 6.09 Å². The molecule has 186 valence electrons. The highest BCUT2D eigenvalue weighted by atomic mass is 35.5. The molecule has 8 nitrogen and oxygen atoms in total. The van der Waals surface area contributed by atoms with Gasteiger partial charge in [0.05, 0.1) is 11.6 Å². The van der Waals surface area contributed by atoms with Crippen LogP contribution < -0.4 is 10.6 Å². The van der Waals surface area contributed by atoms with Gasteiger partial charge in [0.25, 0.3) is 5.91 Å². The van der Waals surface area contributed by atoms with Crippen LogP contribution in [0.5, 0.6) is 0 Å². The number of nitrogens with one attached hydrogen (secondary N) is 2. The van der Waals surface area contributed by atoms with E-state index in [9.17, 15) is 9.59 Å². The first-order valence-electron chi connectivity index (χ1n) is 11.0. The molecule has 1 fully saturated rings. The highest BCUT2D eigenvalue weighted by Crippen LogP contribution is 2.56. The molecule has 0 radical (unpaired) electrons. The Morgan fingerprint density at radius 2 is 2.00 bits per heavy atom. The largest absolute Gasteiger partial charge is 0.444 e. The average molecular weight is 521 g/mol. The molecule has 1 aromatic heterocycles.